The number of benzene rings is 7. The second kappa shape index (κ2) is 18.6. The molecule has 66 heavy (non-hydrogen) atoms. The third-order valence-electron chi connectivity index (χ3n) is 12.0. The number of aryl methyl sites for hydroxylation is 1. The average molecular weight is 1130 g/mol. The summed E-state index contributed by atoms with van der Waals surface area (Å²) in [5.74, 6) is 7.46. The molecule has 0 saturated heterocycles. The average Bonchev–Trinajstić information content (AvgIpc) is 3.89. The SMILES string of the molecule is CC(C)c1cccc(C(C)C)c1-n1c(-c2[c-]ccc3c2sc2c3ccc3c4ccccc4ccc32)nc2ccccc21.[2H]C([2H])([2H])c1c[c-]c(-c2cc(C([2H])([2H])C(C)(C)C)[c]([Ge]([CH3])([CH3])[CH3])cn2)c(F)c1.[Ir]. The fourth-order valence-electron chi connectivity index (χ4n) is 9.01. The summed E-state index contributed by atoms with van der Waals surface area (Å²) in [6.45, 7) is 12.2. The van der Waals surface area contributed by atoms with Crippen LogP contribution in [0.5, 0.6) is 0 Å². The Labute approximate surface area is 417 Å². The molecule has 337 valence electrons. The Morgan fingerprint density at radius 3 is 2.12 bits per heavy atom. The van der Waals surface area contributed by atoms with Crippen LogP contribution in [0.1, 0.15) is 89.4 Å². The van der Waals surface area contributed by atoms with E-state index in [0.717, 1.165) is 32.9 Å². The Hall–Kier alpha value is -4.98. The summed E-state index contributed by atoms with van der Waals surface area (Å²) in [6.07, 6.45) is 0.0207. The zero-order valence-electron chi connectivity index (χ0n) is 44.2. The molecule has 0 fully saturated rings. The second-order valence-electron chi connectivity index (χ2n) is 19.7. The van der Waals surface area contributed by atoms with Crippen LogP contribution in [0.15, 0.2) is 128 Å². The van der Waals surface area contributed by atoms with Gasteiger partial charge in [-0.15, -0.1) is 18.2 Å². The van der Waals surface area contributed by atoms with E-state index in [-0.39, 0.29) is 36.9 Å². The van der Waals surface area contributed by atoms with Crippen molar-refractivity contribution in [2.45, 2.75) is 90.8 Å². The van der Waals surface area contributed by atoms with Crippen LogP contribution in [0.4, 0.5) is 4.39 Å². The van der Waals surface area contributed by atoms with E-state index in [9.17, 15) is 4.39 Å². The predicted octanol–water partition coefficient (Wildman–Crippen LogP) is 16.5. The Balaban J connectivity index is 0.000000205. The number of hydrogen-bond donors (Lipinski definition) is 0. The zero-order valence-corrected chi connectivity index (χ0v) is 44.5. The summed E-state index contributed by atoms with van der Waals surface area (Å²) in [5, 5.41) is 7.74. The van der Waals surface area contributed by atoms with Crippen molar-refractivity contribution in [2.24, 2.45) is 5.41 Å². The van der Waals surface area contributed by atoms with E-state index in [1.807, 2.05) is 32.1 Å². The topological polar surface area (TPSA) is 30.7 Å². The first-order chi connectivity index (χ1) is 33.0. The molecule has 0 unspecified atom stereocenters. The maximum atomic E-state index is 14.7. The Morgan fingerprint density at radius 2 is 1.42 bits per heavy atom. The van der Waals surface area contributed by atoms with Crippen LogP contribution in [0, 0.1) is 30.2 Å². The van der Waals surface area contributed by atoms with Gasteiger partial charge < -0.3 is 4.57 Å². The third-order valence-corrected chi connectivity index (χ3v) is 17.5. The summed E-state index contributed by atoms with van der Waals surface area (Å²) in [7, 11) is 0. The Kier molecular flexibility index (Phi) is 11.6. The number of hydrogen-bond acceptors (Lipinski definition) is 3. The van der Waals surface area contributed by atoms with Crippen LogP contribution in [0.2, 0.25) is 17.3 Å². The van der Waals surface area contributed by atoms with Crippen molar-refractivity contribution in [2.75, 3.05) is 0 Å². The first-order valence-corrected chi connectivity index (χ1v) is 30.6. The van der Waals surface area contributed by atoms with Crippen molar-refractivity contribution >= 4 is 81.7 Å². The van der Waals surface area contributed by atoms with E-state index in [2.05, 4.69) is 170 Å². The van der Waals surface area contributed by atoms with Crippen molar-refractivity contribution in [3.8, 4) is 28.3 Å². The second-order valence-corrected chi connectivity index (χ2v) is 31.3. The first-order valence-electron chi connectivity index (χ1n) is 25.0. The molecule has 1 radical (unpaired) electrons. The van der Waals surface area contributed by atoms with Crippen molar-refractivity contribution < 1.29 is 31.3 Å². The van der Waals surface area contributed by atoms with Gasteiger partial charge in [-0.25, -0.2) is 0 Å². The summed E-state index contributed by atoms with van der Waals surface area (Å²) >= 11 is -0.595. The molecule has 10 rings (SSSR count). The summed E-state index contributed by atoms with van der Waals surface area (Å²) in [4.78, 5) is 9.71. The van der Waals surface area contributed by atoms with E-state index < -0.39 is 37.7 Å². The Bertz CT molecular complexity index is 3610. The number of pyridine rings is 1. The van der Waals surface area contributed by atoms with Gasteiger partial charge in [0.15, 0.2) is 0 Å². The van der Waals surface area contributed by atoms with E-state index in [4.69, 9.17) is 11.8 Å². The molecule has 3 nitrogen and oxygen atoms in total. The quantitative estimate of drug-likeness (QED) is 0.0905. The molecule has 7 aromatic carbocycles. The van der Waals surface area contributed by atoms with Crippen LogP contribution in [0.25, 0.3) is 81.1 Å². The largest absolute Gasteiger partial charge is 0 e. The van der Waals surface area contributed by atoms with Crippen LogP contribution in [0.3, 0.4) is 0 Å². The van der Waals surface area contributed by atoms with Gasteiger partial charge >= 0.3 is 149 Å². The molecule has 0 aliphatic carbocycles. The molecule has 0 saturated carbocycles. The number of para-hydroxylation sites is 3. The number of aromatic nitrogens is 3. The van der Waals surface area contributed by atoms with Crippen LogP contribution in [-0.2, 0) is 26.5 Å². The summed E-state index contributed by atoms with van der Waals surface area (Å²) in [5.41, 5.74) is 7.18. The molecule has 7 heteroatoms. The van der Waals surface area contributed by atoms with Crippen LogP contribution in [-0.4, -0.2) is 27.8 Å². The molecule has 0 aliphatic heterocycles. The van der Waals surface area contributed by atoms with Gasteiger partial charge in [0, 0.05) is 30.5 Å². The number of imidazole rings is 1. The van der Waals surface area contributed by atoms with Gasteiger partial charge in [-0.2, -0.15) is 11.3 Å². The summed E-state index contributed by atoms with van der Waals surface area (Å²) in [6, 6.07) is 47.6. The maximum absolute atomic E-state index is 14.7. The van der Waals surface area contributed by atoms with E-state index in [1.54, 1.807) is 12.3 Å². The zero-order chi connectivity index (χ0) is 50.2. The van der Waals surface area contributed by atoms with E-state index in [1.165, 1.54) is 64.6 Å². The molecule has 3 heterocycles. The number of fused-ring (bicyclic) bond motifs is 8. The molecular formula is C59H58FGeIrN3S-2. The maximum Gasteiger partial charge on any atom is 0 e. The molecule has 0 N–H and O–H groups in total. The number of rotatable bonds is 7. The molecule has 0 amide bonds. The monoisotopic (exact) mass is 1130 g/mol. The molecule has 3 aromatic heterocycles. The Morgan fingerprint density at radius 1 is 0.758 bits per heavy atom. The van der Waals surface area contributed by atoms with Gasteiger partial charge in [0.1, 0.15) is 0 Å². The van der Waals surface area contributed by atoms with Crippen LogP contribution >= 0.6 is 11.3 Å². The van der Waals surface area contributed by atoms with Crippen molar-refractivity contribution in [3.63, 3.8) is 0 Å². The number of thiophene rings is 1. The van der Waals surface area contributed by atoms with Crippen LogP contribution < -0.4 is 4.40 Å². The van der Waals surface area contributed by atoms with Gasteiger partial charge in [-0.3, -0.25) is 4.98 Å². The van der Waals surface area contributed by atoms with Gasteiger partial charge in [0.25, 0.3) is 0 Å². The minimum Gasteiger partial charge on any atom is 0 e. The molecule has 0 aliphatic rings. The fourth-order valence-corrected chi connectivity index (χ4v) is 13.3. The molecule has 0 atom stereocenters. The van der Waals surface area contributed by atoms with Crippen molar-refractivity contribution in [1.29, 1.82) is 0 Å². The third kappa shape index (κ3) is 9.07. The minimum atomic E-state index is -2.47. The van der Waals surface area contributed by atoms with Gasteiger partial charge in [-0.05, 0) is 66.7 Å². The first kappa shape index (κ1) is 41.2. The van der Waals surface area contributed by atoms with E-state index >= 15 is 0 Å². The van der Waals surface area contributed by atoms with Gasteiger partial charge in [-0.1, -0.05) is 118 Å². The summed E-state index contributed by atoms with van der Waals surface area (Å²) < 4.78 is 60.3. The van der Waals surface area contributed by atoms with Gasteiger partial charge in [0.2, 0.25) is 0 Å². The van der Waals surface area contributed by atoms with Gasteiger partial charge in [0.05, 0.1) is 16.9 Å². The predicted molar refractivity (Wildman–Crippen MR) is 281 cm³/mol. The molecular weight excluding hydrogens is 1070 g/mol. The molecule has 0 bridgehead atoms. The minimum absolute atomic E-state index is 0. The molecule has 10 aromatic rings. The standard InChI is InChI=1S/C39H31N2S.C20H27FGeN.Ir/c1-23(2)26-13-9-14-27(24(3)4)36(26)41-35-18-8-7-17-34(35)40-39(41)33-16-10-15-30-32-22-21-29-28-12-6-5-11-25(28)19-20-31(29)37(32)42-38(30)33;1-14-8-9-16(17(21)10-14)19-11-15(12-20(2,3)4)18(13-23-19)22(5,6)7;/h5-15,17-24H,1-4H3;8,10-11,13H,12H2,1-7H3;/q2*-1;/i;1D3,12D2;. The fraction of sp³-hybridized carbons (Fsp3) is 0.254. The number of nitrogens with zero attached hydrogens (tertiary/aromatic N) is 3. The molecule has 0 spiro atoms. The van der Waals surface area contributed by atoms with Crippen molar-refractivity contribution in [1.82, 2.24) is 14.5 Å². The normalized spacial score (nSPS) is 13.7. The number of halogens is 1. The van der Waals surface area contributed by atoms with Crippen molar-refractivity contribution in [3.05, 3.63) is 168 Å². The smallest absolute Gasteiger partial charge is 0 e. The van der Waals surface area contributed by atoms with E-state index in [0.29, 0.717) is 17.4 Å².